The zero-order valence-electron chi connectivity index (χ0n) is 10.9. The largest absolute Gasteiger partial charge is 0.449 e. The fourth-order valence-electron chi connectivity index (χ4n) is 1.70. The summed E-state index contributed by atoms with van der Waals surface area (Å²) in [4.78, 5) is 13.4. The number of hydrogen-bond acceptors (Lipinski definition) is 3. The van der Waals surface area contributed by atoms with Gasteiger partial charge in [-0.15, -0.1) is 0 Å². The number of nitrogens with zero attached hydrogens (tertiary/aromatic N) is 2. The Labute approximate surface area is 100 Å². The van der Waals surface area contributed by atoms with E-state index in [4.69, 9.17) is 4.74 Å². The van der Waals surface area contributed by atoms with Gasteiger partial charge in [0.25, 0.3) is 0 Å². The van der Waals surface area contributed by atoms with Gasteiger partial charge in [-0.05, 0) is 25.2 Å². The van der Waals surface area contributed by atoms with Crippen molar-refractivity contribution in [3.63, 3.8) is 0 Å². The second-order valence-electron chi connectivity index (χ2n) is 4.80. The highest BCUT2D eigenvalue weighted by atomic mass is 32.3. The van der Waals surface area contributed by atoms with Crippen LogP contribution in [0.15, 0.2) is 0 Å². The van der Waals surface area contributed by atoms with E-state index in [0.29, 0.717) is 6.61 Å². The first-order chi connectivity index (χ1) is 7.45. The molecule has 1 rings (SSSR count). The van der Waals surface area contributed by atoms with Gasteiger partial charge in [-0.1, -0.05) is 6.92 Å². The van der Waals surface area contributed by atoms with Crippen LogP contribution < -0.4 is 0 Å². The maximum atomic E-state index is 11.6. The number of carbonyl (C=O) groups excluding carboxylic acids is 1. The molecule has 1 heterocycles. The van der Waals surface area contributed by atoms with Crippen molar-refractivity contribution >= 4 is 16.3 Å². The molecule has 1 fully saturated rings. The molecule has 0 atom stereocenters. The molecule has 1 amide bonds. The Morgan fingerprint density at radius 2 is 1.75 bits per heavy atom. The number of rotatable bonds is 3. The van der Waals surface area contributed by atoms with E-state index in [1.165, 1.54) is 0 Å². The quantitative estimate of drug-likeness (QED) is 0.763. The van der Waals surface area contributed by atoms with E-state index in [9.17, 15) is 4.79 Å². The van der Waals surface area contributed by atoms with Crippen LogP contribution in [0, 0.1) is 0 Å². The summed E-state index contributed by atoms with van der Waals surface area (Å²) in [7, 11) is -0.637. The normalized spacial score (nSPS) is 19.6. The van der Waals surface area contributed by atoms with Crippen LogP contribution in [0.1, 0.15) is 13.3 Å². The Morgan fingerprint density at radius 1 is 1.19 bits per heavy atom. The van der Waals surface area contributed by atoms with E-state index in [0.717, 1.165) is 32.6 Å². The summed E-state index contributed by atoms with van der Waals surface area (Å²) in [6, 6.07) is 0. The van der Waals surface area contributed by atoms with Gasteiger partial charge in [-0.3, -0.25) is 4.31 Å². The molecule has 0 N–H and O–H groups in total. The van der Waals surface area contributed by atoms with Gasteiger partial charge in [0, 0.05) is 26.2 Å². The third kappa shape index (κ3) is 3.87. The van der Waals surface area contributed by atoms with Crippen LogP contribution >= 0.6 is 10.2 Å². The molecule has 4 nitrogen and oxygen atoms in total. The Balaban J connectivity index is 2.34. The molecule has 0 saturated carbocycles. The lowest BCUT2D eigenvalue weighted by Crippen LogP contribution is -2.49. The predicted molar refractivity (Wildman–Crippen MR) is 70.1 cm³/mol. The average molecular weight is 248 g/mol. The summed E-state index contributed by atoms with van der Waals surface area (Å²) < 4.78 is 7.61. The molecule has 1 aliphatic rings. The van der Waals surface area contributed by atoms with Gasteiger partial charge in [0.1, 0.15) is 0 Å². The lowest BCUT2D eigenvalue weighted by molar-refractivity contribution is 0.0902. The lowest BCUT2D eigenvalue weighted by Gasteiger charge is -2.44. The standard InChI is InChI=1S/C11H24N2O2S/c1-5-10-15-11(14)12-6-8-13(9-7-12)16(2,3)4/h5-10H2,1-4H3. The Kier molecular flexibility index (Phi) is 4.92. The van der Waals surface area contributed by atoms with Crippen LogP contribution in [0.2, 0.25) is 0 Å². The van der Waals surface area contributed by atoms with E-state index < -0.39 is 10.2 Å². The van der Waals surface area contributed by atoms with E-state index in [-0.39, 0.29) is 6.09 Å². The Hall–Kier alpha value is -0.420. The van der Waals surface area contributed by atoms with Gasteiger partial charge < -0.3 is 9.64 Å². The van der Waals surface area contributed by atoms with Gasteiger partial charge in [0.2, 0.25) is 0 Å². The van der Waals surface area contributed by atoms with Crippen LogP contribution in [0.3, 0.4) is 0 Å². The second kappa shape index (κ2) is 5.77. The highest BCUT2D eigenvalue weighted by molar-refractivity contribution is 8.30. The zero-order chi connectivity index (χ0) is 12.2. The van der Waals surface area contributed by atoms with Crippen LogP contribution in [0.25, 0.3) is 0 Å². The first-order valence-corrected chi connectivity index (χ1v) is 8.61. The zero-order valence-corrected chi connectivity index (χ0v) is 11.7. The van der Waals surface area contributed by atoms with E-state index >= 15 is 0 Å². The lowest BCUT2D eigenvalue weighted by atomic mass is 10.4. The van der Waals surface area contributed by atoms with Gasteiger partial charge >= 0.3 is 6.09 Å². The highest BCUT2D eigenvalue weighted by Crippen LogP contribution is 2.40. The Morgan fingerprint density at radius 3 is 2.19 bits per heavy atom. The number of amides is 1. The SMILES string of the molecule is CCCOC(=O)N1CCN(S(C)(C)C)CC1. The van der Waals surface area contributed by atoms with E-state index in [2.05, 4.69) is 23.1 Å². The molecule has 0 unspecified atom stereocenters. The van der Waals surface area contributed by atoms with Gasteiger partial charge in [0.15, 0.2) is 0 Å². The number of hydrogen-bond donors (Lipinski definition) is 0. The van der Waals surface area contributed by atoms with Crippen molar-refractivity contribution in [1.82, 2.24) is 9.21 Å². The molecule has 0 radical (unpaired) electrons. The first-order valence-electron chi connectivity index (χ1n) is 5.80. The maximum Gasteiger partial charge on any atom is 0.409 e. The molecule has 16 heavy (non-hydrogen) atoms. The van der Waals surface area contributed by atoms with E-state index in [1.807, 2.05) is 11.8 Å². The third-order valence-corrected chi connectivity index (χ3v) is 4.62. The molecular formula is C11H24N2O2S. The van der Waals surface area contributed by atoms with E-state index in [1.54, 1.807) is 0 Å². The van der Waals surface area contributed by atoms with Gasteiger partial charge in [-0.25, -0.2) is 4.79 Å². The second-order valence-corrected chi connectivity index (χ2v) is 8.86. The van der Waals surface area contributed by atoms with Crippen LogP contribution in [-0.2, 0) is 4.74 Å². The van der Waals surface area contributed by atoms with Crippen molar-refractivity contribution in [2.75, 3.05) is 51.6 Å². The van der Waals surface area contributed by atoms with Crippen LogP contribution in [-0.4, -0.2) is 66.9 Å². The van der Waals surface area contributed by atoms with Crippen molar-refractivity contribution < 1.29 is 9.53 Å². The minimum absolute atomic E-state index is 0.148. The highest BCUT2D eigenvalue weighted by Gasteiger charge is 2.25. The van der Waals surface area contributed by atoms with Crippen molar-refractivity contribution in [1.29, 1.82) is 0 Å². The topological polar surface area (TPSA) is 32.8 Å². The van der Waals surface area contributed by atoms with Crippen molar-refractivity contribution in [2.45, 2.75) is 13.3 Å². The molecule has 5 heteroatoms. The molecule has 0 aromatic rings. The summed E-state index contributed by atoms with van der Waals surface area (Å²) >= 11 is 0. The number of ether oxygens (including phenoxy) is 1. The summed E-state index contributed by atoms with van der Waals surface area (Å²) in [6.07, 6.45) is 7.61. The smallest absolute Gasteiger partial charge is 0.409 e. The third-order valence-electron chi connectivity index (χ3n) is 2.70. The minimum atomic E-state index is -0.637. The molecular weight excluding hydrogens is 224 g/mol. The maximum absolute atomic E-state index is 11.6. The number of carbonyl (C=O) groups is 1. The average Bonchev–Trinajstić information content (AvgIpc) is 2.25. The fourth-order valence-corrected chi connectivity index (χ4v) is 2.96. The fraction of sp³-hybridized carbons (Fsp3) is 0.909. The first kappa shape index (κ1) is 13.6. The van der Waals surface area contributed by atoms with Gasteiger partial charge in [0.05, 0.1) is 6.61 Å². The summed E-state index contributed by atoms with van der Waals surface area (Å²) in [6.45, 7) is 6.08. The summed E-state index contributed by atoms with van der Waals surface area (Å²) in [5, 5.41) is 0. The molecule has 96 valence electrons. The molecule has 1 aliphatic heterocycles. The molecule has 1 saturated heterocycles. The monoisotopic (exact) mass is 248 g/mol. The molecule has 0 aliphatic carbocycles. The molecule has 0 bridgehead atoms. The predicted octanol–water partition coefficient (Wildman–Crippen LogP) is 1.76. The van der Waals surface area contributed by atoms with Gasteiger partial charge in [-0.2, -0.15) is 10.2 Å². The van der Waals surface area contributed by atoms with Crippen molar-refractivity contribution in [3.8, 4) is 0 Å². The summed E-state index contributed by atoms with van der Waals surface area (Å²) in [5.74, 6) is 0. The van der Waals surface area contributed by atoms with Crippen molar-refractivity contribution in [2.24, 2.45) is 0 Å². The minimum Gasteiger partial charge on any atom is -0.449 e. The molecule has 0 spiro atoms. The molecule has 0 aromatic heterocycles. The van der Waals surface area contributed by atoms with Crippen LogP contribution in [0.4, 0.5) is 4.79 Å². The number of piperazine rings is 1. The Bertz CT molecular complexity index is 233. The van der Waals surface area contributed by atoms with Crippen molar-refractivity contribution in [3.05, 3.63) is 0 Å². The molecule has 0 aromatic carbocycles. The summed E-state index contributed by atoms with van der Waals surface area (Å²) in [5.41, 5.74) is 0. The van der Waals surface area contributed by atoms with Crippen LogP contribution in [0.5, 0.6) is 0 Å².